The molecule has 16 heavy (non-hydrogen) atoms. The lowest BCUT2D eigenvalue weighted by atomic mass is 10.1. The van der Waals surface area contributed by atoms with Crippen LogP contribution in [0.25, 0.3) is 11.3 Å². The molecule has 2 rings (SSSR count). The molecule has 82 valence electrons. The van der Waals surface area contributed by atoms with E-state index in [9.17, 15) is 13.2 Å². The number of nitrogens with zero attached hydrogens (tertiary/aromatic N) is 1. The Balaban J connectivity index is 2.59. The van der Waals surface area contributed by atoms with Gasteiger partial charge in [0.1, 0.15) is 17.3 Å². The predicted octanol–water partition coefficient (Wildman–Crippen LogP) is 3.77. The van der Waals surface area contributed by atoms with Crippen molar-refractivity contribution in [2.75, 3.05) is 0 Å². The average molecular weight is 335 g/mol. The van der Waals surface area contributed by atoms with Gasteiger partial charge in [0.2, 0.25) is 0 Å². The van der Waals surface area contributed by atoms with Gasteiger partial charge in [-0.05, 0) is 40.8 Å². The zero-order valence-electron chi connectivity index (χ0n) is 7.85. The first kappa shape index (κ1) is 11.4. The van der Waals surface area contributed by atoms with Crippen molar-refractivity contribution in [3.05, 3.63) is 51.5 Å². The molecule has 0 saturated carbocycles. The zero-order chi connectivity index (χ0) is 11.7. The van der Waals surface area contributed by atoms with E-state index in [2.05, 4.69) is 4.98 Å². The third-order valence-corrected chi connectivity index (χ3v) is 2.67. The summed E-state index contributed by atoms with van der Waals surface area (Å²) in [5.74, 6) is -2.24. The molecule has 0 aliphatic carbocycles. The number of benzene rings is 1. The third kappa shape index (κ3) is 2.18. The van der Waals surface area contributed by atoms with Crippen molar-refractivity contribution in [2.24, 2.45) is 0 Å². The fraction of sp³-hybridized carbons (Fsp3) is 0. The lowest BCUT2D eigenvalue weighted by molar-refractivity contribution is 0.573. The summed E-state index contributed by atoms with van der Waals surface area (Å²) in [6.45, 7) is 0. The molecule has 2 aromatic rings. The SMILES string of the molecule is Fc1cnc(-c2ccc(I)cc2F)c(F)c1. The highest BCUT2D eigenvalue weighted by Gasteiger charge is 2.12. The second-order valence-corrected chi connectivity index (χ2v) is 4.35. The van der Waals surface area contributed by atoms with Crippen LogP contribution in [0.4, 0.5) is 13.2 Å². The fourth-order valence-corrected chi connectivity index (χ4v) is 1.75. The molecule has 0 amide bonds. The van der Waals surface area contributed by atoms with E-state index in [-0.39, 0.29) is 11.3 Å². The minimum Gasteiger partial charge on any atom is -0.250 e. The molecule has 0 N–H and O–H groups in total. The van der Waals surface area contributed by atoms with Crippen LogP contribution in [-0.2, 0) is 0 Å². The van der Waals surface area contributed by atoms with Crippen LogP contribution in [0.1, 0.15) is 0 Å². The average Bonchev–Trinajstić information content (AvgIpc) is 2.19. The van der Waals surface area contributed by atoms with E-state index in [4.69, 9.17) is 0 Å². The lowest BCUT2D eigenvalue weighted by Gasteiger charge is -2.04. The summed E-state index contributed by atoms with van der Waals surface area (Å²) in [5.41, 5.74) is -0.159. The molecule has 0 unspecified atom stereocenters. The van der Waals surface area contributed by atoms with Crippen molar-refractivity contribution < 1.29 is 13.2 Å². The number of pyridine rings is 1. The summed E-state index contributed by atoms with van der Waals surface area (Å²) in [5, 5.41) is 0. The van der Waals surface area contributed by atoms with Crippen molar-refractivity contribution in [3.8, 4) is 11.3 Å². The number of halogens is 4. The van der Waals surface area contributed by atoms with Gasteiger partial charge in [-0.3, -0.25) is 4.98 Å². The van der Waals surface area contributed by atoms with E-state index < -0.39 is 17.5 Å². The van der Waals surface area contributed by atoms with Crippen LogP contribution >= 0.6 is 22.6 Å². The molecule has 0 fully saturated rings. The molecule has 5 heteroatoms. The third-order valence-electron chi connectivity index (χ3n) is 1.99. The zero-order valence-corrected chi connectivity index (χ0v) is 10.0. The summed E-state index contributed by atoms with van der Waals surface area (Å²) in [6, 6.07) is 4.99. The molecule has 1 heterocycles. The Bertz CT molecular complexity index is 493. The van der Waals surface area contributed by atoms with E-state index in [1.807, 2.05) is 22.6 Å². The van der Waals surface area contributed by atoms with Crippen LogP contribution in [-0.4, -0.2) is 4.98 Å². The lowest BCUT2D eigenvalue weighted by Crippen LogP contribution is -1.94. The quantitative estimate of drug-likeness (QED) is 0.723. The first-order valence-corrected chi connectivity index (χ1v) is 5.42. The summed E-state index contributed by atoms with van der Waals surface area (Å²) >= 11 is 1.94. The van der Waals surface area contributed by atoms with Gasteiger partial charge < -0.3 is 0 Å². The van der Waals surface area contributed by atoms with E-state index in [0.717, 1.165) is 6.20 Å². The molecule has 0 atom stereocenters. The maximum absolute atomic E-state index is 13.5. The van der Waals surface area contributed by atoms with E-state index in [1.165, 1.54) is 12.1 Å². The number of hydrogen-bond donors (Lipinski definition) is 0. The minimum absolute atomic E-state index is 0.0258. The number of aromatic nitrogens is 1. The van der Waals surface area contributed by atoms with Gasteiger partial charge in [0.05, 0.1) is 6.20 Å². The normalized spacial score (nSPS) is 10.5. The molecule has 0 aliphatic heterocycles. The molecule has 0 aliphatic rings. The first-order valence-electron chi connectivity index (χ1n) is 4.34. The van der Waals surface area contributed by atoms with Crippen LogP contribution in [0.15, 0.2) is 30.5 Å². The van der Waals surface area contributed by atoms with Crippen molar-refractivity contribution in [3.63, 3.8) is 0 Å². The Hall–Kier alpha value is -1.11. The molecular formula is C11H5F3IN. The monoisotopic (exact) mass is 335 g/mol. The highest BCUT2D eigenvalue weighted by Crippen LogP contribution is 2.24. The molecule has 0 bridgehead atoms. The smallest absolute Gasteiger partial charge is 0.152 e. The van der Waals surface area contributed by atoms with Crippen molar-refractivity contribution in [1.29, 1.82) is 0 Å². The van der Waals surface area contributed by atoms with Gasteiger partial charge in [0, 0.05) is 15.2 Å². The minimum atomic E-state index is -0.875. The van der Waals surface area contributed by atoms with Crippen LogP contribution in [0.3, 0.4) is 0 Å². The van der Waals surface area contributed by atoms with Crippen molar-refractivity contribution in [2.45, 2.75) is 0 Å². The molecule has 1 aromatic carbocycles. The topological polar surface area (TPSA) is 12.9 Å². The van der Waals surface area contributed by atoms with Crippen LogP contribution in [0.5, 0.6) is 0 Å². The maximum atomic E-state index is 13.5. The van der Waals surface area contributed by atoms with E-state index >= 15 is 0 Å². The van der Waals surface area contributed by atoms with Crippen LogP contribution in [0, 0.1) is 21.0 Å². The number of hydrogen-bond acceptors (Lipinski definition) is 1. The summed E-state index contributed by atoms with van der Waals surface area (Å²) in [6.07, 6.45) is 0.857. The largest absolute Gasteiger partial charge is 0.250 e. The second kappa shape index (κ2) is 4.40. The standard InChI is InChI=1S/C11H5F3IN/c12-6-3-10(14)11(16-5-6)8-2-1-7(15)4-9(8)13/h1-5H. The van der Waals surface area contributed by atoms with Gasteiger partial charge in [-0.15, -0.1) is 0 Å². The first-order chi connectivity index (χ1) is 7.58. The van der Waals surface area contributed by atoms with Crippen LogP contribution < -0.4 is 0 Å². The van der Waals surface area contributed by atoms with Crippen molar-refractivity contribution in [1.82, 2.24) is 4.98 Å². The molecular weight excluding hydrogens is 330 g/mol. The molecule has 0 spiro atoms. The summed E-state index contributed by atoms with van der Waals surface area (Å²) in [7, 11) is 0. The van der Waals surface area contributed by atoms with Gasteiger partial charge in [-0.25, -0.2) is 13.2 Å². The summed E-state index contributed by atoms with van der Waals surface area (Å²) in [4.78, 5) is 3.55. The van der Waals surface area contributed by atoms with Gasteiger partial charge in [0.25, 0.3) is 0 Å². The highest BCUT2D eigenvalue weighted by molar-refractivity contribution is 14.1. The highest BCUT2D eigenvalue weighted by atomic mass is 127. The van der Waals surface area contributed by atoms with E-state index in [1.54, 1.807) is 6.07 Å². The molecule has 1 nitrogen and oxygen atoms in total. The molecule has 1 aromatic heterocycles. The second-order valence-electron chi connectivity index (χ2n) is 3.11. The Labute approximate surface area is 103 Å². The van der Waals surface area contributed by atoms with Gasteiger partial charge in [-0.2, -0.15) is 0 Å². The Morgan fingerprint density at radius 1 is 1.00 bits per heavy atom. The maximum Gasteiger partial charge on any atom is 0.152 e. The van der Waals surface area contributed by atoms with Crippen molar-refractivity contribution >= 4 is 22.6 Å². The molecule has 0 saturated heterocycles. The summed E-state index contributed by atoms with van der Waals surface area (Å²) < 4.78 is 40.2. The van der Waals surface area contributed by atoms with Gasteiger partial charge >= 0.3 is 0 Å². The molecule has 0 radical (unpaired) electrons. The van der Waals surface area contributed by atoms with Gasteiger partial charge in [-0.1, -0.05) is 0 Å². The van der Waals surface area contributed by atoms with Gasteiger partial charge in [0.15, 0.2) is 5.82 Å². The Morgan fingerprint density at radius 3 is 2.38 bits per heavy atom. The fourth-order valence-electron chi connectivity index (χ4n) is 1.29. The Kier molecular flexibility index (Phi) is 3.13. The Morgan fingerprint density at radius 2 is 1.75 bits per heavy atom. The van der Waals surface area contributed by atoms with E-state index in [0.29, 0.717) is 9.64 Å². The predicted molar refractivity (Wildman–Crippen MR) is 62.3 cm³/mol. The number of rotatable bonds is 1. The van der Waals surface area contributed by atoms with Crippen LogP contribution in [0.2, 0.25) is 0 Å².